The van der Waals surface area contributed by atoms with Crippen LogP contribution in [0.3, 0.4) is 0 Å². The summed E-state index contributed by atoms with van der Waals surface area (Å²) in [6.07, 6.45) is -0.501. The lowest BCUT2D eigenvalue weighted by Crippen LogP contribution is -2.44. The standard InChI is InChI=1S/C22H22N2O6/c1-29-20(26)18-14-23(19(25)13-12-16-8-4-2-5-9-16)21(27)24(18)22(28)30-15-17-10-6-3-7-11-17/h2-11,18H,12-15H2,1H3/t18-/m0/s1. The Labute approximate surface area is 174 Å². The number of amides is 4. The van der Waals surface area contributed by atoms with Gasteiger partial charge in [0.1, 0.15) is 6.61 Å². The predicted octanol–water partition coefficient (Wildman–Crippen LogP) is 2.76. The van der Waals surface area contributed by atoms with Crippen molar-refractivity contribution in [3.63, 3.8) is 0 Å². The Bertz CT molecular complexity index is 916. The van der Waals surface area contributed by atoms with E-state index in [0.717, 1.165) is 23.1 Å². The van der Waals surface area contributed by atoms with E-state index < -0.39 is 30.0 Å². The number of imide groups is 2. The fraction of sp³-hybridized carbons (Fsp3) is 0.273. The highest BCUT2D eigenvalue weighted by atomic mass is 16.6. The predicted molar refractivity (Wildman–Crippen MR) is 106 cm³/mol. The lowest BCUT2D eigenvalue weighted by atomic mass is 10.1. The third-order valence-electron chi connectivity index (χ3n) is 4.75. The molecule has 2 aromatic carbocycles. The van der Waals surface area contributed by atoms with E-state index in [0.29, 0.717) is 11.3 Å². The summed E-state index contributed by atoms with van der Waals surface area (Å²) < 4.78 is 9.89. The molecule has 30 heavy (non-hydrogen) atoms. The van der Waals surface area contributed by atoms with Crippen LogP contribution in [0.5, 0.6) is 0 Å². The number of ether oxygens (including phenoxy) is 2. The number of methoxy groups -OCH3 is 1. The van der Waals surface area contributed by atoms with Crippen LogP contribution in [0.1, 0.15) is 17.5 Å². The van der Waals surface area contributed by atoms with E-state index in [-0.39, 0.29) is 19.6 Å². The summed E-state index contributed by atoms with van der Waals surface area (Å²) in [5, 5.41) is 0. The van der Waals surface area contributed by atoms with Crippen molar-refractivity contribution < 1.29 is 28.7 Å². The van der Waals surface area contributed by atoms with Crippen LogP contribution in [0, 0.1) is 0 Å². The molecule has 0 aromatic heterocycles. The number of hydrogen-bond donors (Lipinski definition) is 0. The van der Waals surface area contributed by atoms with E-state index in [1.807, 2.05) is 36.4 Å². The lowest BCUT2D eigenvalue weighted by Gasteiger charge is -2.19. The first kappa shape index (κ1) is 21.0. The number of carbonyl (C=O) groups is 4. The Morgan fingerprint density at radius 2 is 1.57 bits per heavy atom. The van der Waals surface area contributed by atoms with E-state index in [1.165, 1.54) is 0 Å². The summed E-state index contributed by atoms with van der Waals surface area (Å²) in [4.78, 5) is 51.6. The van der Waals surface area contributed by atoms with Crippen molar-refractivity contribution in [2.24, 2.45) is 0 Å². The van der Waals surface area contributed by atoms with Crippen LogP contribution in [0.25, 0.3) is 0 Å². The first-order valence-electron chi connectivity index (χ1n) is 9.47. The molecular formula is C22H22N2O6. The monoisotopic (exact) mass is 410 g/mol. The molecule has 4 amide bonds. The molecule has 0 N–H and O–H groups in total. The Hall–Kier alpha value is -3.68. The maximum Gasteiger partial charge on any atom is 0.419 e. The van der Waals surface area contributed by atoms with Crippen LogP contribution in [-0.4, -0.2) is 53.5 Å². The molecule has 2 aromatic rings. The molecule has 1 aliphatic heterocycles. The Kier molecular flexibility index (Phi) is 6.79. The van der Waals surface area contributed by atoms with Crippen LogP contribution in [0.2, 0.25) is 0 Å². The average Bonchev–Trinajstić information content (AvgIpc) is 3.14. The molecular weight excluding hydrogens is 388 g/mol. The molecule has 0 aliphatic carbocycles. The summed E-state index contributed by atoms with van der Waals surface area (Å²) in [5.41, 5.74) is 1.67. The van der Waals surface area contributed by atoms with E-state index >= 15 is 0 Å². The zero-order valence-corrected chi connectivity index (χ0v) is 16.5. The Morgan fingerprint density at radius 1 is 0.967 bits per heavy atom. The number of carbonyl (C=O) groups excluding carboxylic acids is 4. The highest BCUT2D eigenvalue weighted by Gasteiger charge is 2.48. The second kappa shape index (κ2) is 9.69. The number of aryl methyl sites for hydroxylation is 1. The van der Waals surface area contributed by atoms with Crippen molar-refractivity contribution in [3.05, 3.63) is 71.8 Å². The topological polar surface area (TPSA) is 93.2 Å². The van der Waals surface area contributed by atoms with Crippen molar-refractivity contribution in [3.8, 4) is 0 Å². The first-order chi connectivity index (χ1) is 14.5. The van der Waals surface area contributed by atoms with Crippen LogP contribution in [-0.2, 0) is 32.1 Å². The third-order valence-corrected chi connectivity index (χ3v) is 4.75. The number of urea groups is 1. The van der Waals surface area contributed by atoms with Gasteiger partial charge in [0, 0.05) is 6.42 Å². The highest BCUT2D eigenvalue weighted by Crippen LogP contribution is 2.21. The van der Waals surface area contributed by atoms with Crippen molar-refractivity contribution in [1.82, 2.24) is 9.80 Å². The molecule has 0 spiro atoms. The normalized spacial score (nSPS) is 15.8. The molecule has 0 saturated carbocycles. The number of esters is 1. The zero-order valence-electron chi connectivity index (χ0n) is 16.5. The van der Waals surface area contributed by atoms with Gasteiger partial charge in [-0.05, 0) is 17.5 Å². The molecule has 8 heteroatoms. The Balaban J connectivity index is 1.68. The molecule has 1 fully saturated rings. The average molecular weight is 410 g/mol. The van der Waals surface area contributed by atoms with E-state index in [9.17, 15) is 19.2 Å². The van der Waals surface area contributed by atoms with Gasteiger partial charge in [-0.1, -0.05) is 60.7 Å². The maximum atomic E-state index is 12.8. The number of benzene rings is 2. The van der Waals surface area contributed by atoms with Crippen LogP contribution >= 0.6 is 0 Å². The quantitative estimate of drug-likeness (QED) is 0.680. The lowest BCUT2D eigenvalue weighted by molar-refractivity contribution is -0.144. The van der Waals surface area contributed by atoms with Crippen LogP contribution in [0.4, 0.5) is 9.59 Å². The molecule has 1 heterocycles. The Morgan fingerprint density at radius 3 is 2.17 bits per heavy atom. The first-order valence-corrected chi connectivity index (χ1v) is 9.47. The number of hydrogen-bond acceptors (Lipinski definition) is 6. The highest BCUT2D eigenvalue weighted by molar-refractivity contribution is 6.06. The van der Waals surface area contributed by atoms with E-state index in [1.54, 1.807) is 24.3 Å². The molecule has 0 radical (unpaired) electrons. The minimum atomic E-state index is -1.24. The summed E-state index contributed by atoms with van der Waals surface area (Å²) >= 11 is 0. The number of rotatable bonds is 6. The molecule has 1 atom stereocenters. The number of nitrogens with zero attached hydrogens (tertiary/aromatic N) is 2. The van der Waals surface area contributed by atoms with Gasteiger partial charge in [-0.2, -0.15) is 0 Å². The summed E-state index contributed by atoms with van der Waals surface area (Å²) in [6.45, 7) is -0.334. The van der Waals surface area contributed by atoms with E-state index in [4.69, 9.17) is 9.47 Å². The molecule has 1 aliphatic rings. The summed E-state index contributed by atoms with van der Waals surface area (Å²) in [6, 6.07) is 16.1. The van der Waals surface area contributed by atoms with E-state index in [2.05, 4.69) is 0 Å². The second-order valence-electron chi connectivity index (χ2n) is 6.72. The zero-order chi connectivity index (χ0) is 21.5. The molecule has 0 unspecified atom stereocenters. The van der Waals surface area contributed by atoms with Crippen LogP contribution in [0.15, 0.2) is 60.7 Å². The van der Waals surface area contributed by atoms with Crippen molar-refractivity contribution in [2.75, 3.05) is 13.7 Å². The molecule has 3 rings (SSSR count). The smallest absolute Gasteiger partial charge is 0.419 e. The third kappa shape index (κ3) is 4.83. The van der Waals surface area contributed by atoms with Crippen molar-refractivity contribution >= 4 is 24.0 Å². The van der Waals surface area contributed by atoms with Gasteiger partial charge in [0.25, 0.3) is 0 Å². The summed E-state index contributed by atoms with van der Waals surface area (Å²) in [5.74, 6) is -1.27. The molecule has 8 nitrogen and oxygen atoms in total. The van der Waals surface area contributed by atoms with Crippen molar-refractivity contribution in [1.29, 1.82) is 0 Å². The molecule has 1 saturated heterocycles. The van der Waals surface area contributed by atoms with Gasteiger partial charge in [-0.3, -0.25) is 9.69 Å². The maximum absolute atomic E-state index is 12.8. The van der Waals surface area contributed by atoms with Gasteiger partial charge >= 0.3 is 18.1 Å². The fourth-order valence-electron chi connectivity index (χ4n) is 3.15. The summed E-state index contributed by atoms with van der Waals surface area (Å²) in [7, 11) is 1.15. The SMILES string of the molecule is COC(=O)[C@@H]1CN(C(=O)CCc2ccccc2)C(=O)N1C(=O)OCc1ccccc1. The minimum absolute atomic E-state index is 0.0660. The van der Waals surface area contributed by atoms with Gasteiger partial charge in [-0.25, -0.2) is 19.3 Å². The fourth-order valence-corrected chi connectivity index (χ4v) is 3.15. The van der Waals surface area contributed by atoms with Gasteiger partial charge in [0.2, 0.25) is 5.91 Å². The van der Waals surface area contributed by atoms with Gasteiger partial charge < -0.3 is 9.47 Å². The molecule has 0 bridgehead atoms. The van der Waals surface area contributed by atoms with Crippen molar-refractivity contribution in [2.45, 2.75) is 25.5 Å². The second-order valence-corrected chi connectivity index (χ2v) is 6.72. The largest absolute Gasteiger partial charge is 0.467 e. The van der Waals surface area contributed by atoms with Gasteiger partial charge in [0.05, 0.1) is 13.7 Å². The minimum Gasteiger partial charge on any atom is -0.467 e. The molecule has 156 valence electrons. The van der Waals surface area contributed by atoms with Gasteiger partial charge in [0.15, 0.2) is 6.04 Å². The van der Waals surface area contributed by atoms with Crippen LogP contribution < -0.4 is 0 Å². The van der Waals surface area contributed by atoms with Gasteiger partial charge in [-0.15, -0.1) is 0 Å².